The molecular weight excluding hydrogens is 327 g/mol. The first kappa shape index (κ1) is 16.6. The standard InChI is InChI=1S/C17H19FN4OS/c1-12(15-11-22-8-9-24-17(22)21-15)20-10-16(23)19-7-6-13-2-4-14(18)5-3-13/h2-5,8-9,11-12,20H,6-7,10H2,1H3,(H,19,23). The summed E-state index contributed by atoms with van der Waals surface area (Å²) in [5.74, 6) is -0.315. The average molecular weight is 346 g/mol. The van der Waals surface area contributed by atoms with E-state index in [1.54, 1.807) is 23.5 Å². The first-order valence-corrected chi connectivity index (χ1v) is 8.66. The molecule has 1 atom stereocenters. The fraction of sp³-hybridized carbons (Fsp3) is 0.294. The molecule has 1 amide bonds. The molecule has 0 bridgehead atoms. The minimum Gasteiger partial charge on any atom is -0.355 e. The Kier molecular flexibility index (Phi) is 5.22. The molecular formula is C17H19FN4OS. The molecule has 7 heteroatoms. The molecule has 3 aromatic rings. The first-order chi connectivity index (χ1) is 11.6. The van der Waals surface area contributed by atoms with E-state index in [9.17, 15) is 9.18 Å². The zero-order chi connectivity index (χ0) is 16.9. The number of fused-ring (bicyclic) bond motifs is 1. The van der Waals surface area contributed by atoms with Crippen LogP contribution in [0.1, 0.15) is 24.2 Å². The van der Waals surface area contributed by atoms with Crippen LogP contribution in [0.2, 0.25) is 0 Å². The van der Waals surface area contributed by atoms with Gasteiger partial charge >= 0.3 is 0 Å². The molecule has 1 unspecified atom stereocenters. The molecule has 2 aromatic heterocycles. The van der Waals surface area contributed by atoms with Crippen molar-refractivity contribution in [3.8, 4) is 0 Å². The molecule has 2 N–H and O–H groups in total. The third-order valence-electron chi connectivity index (χ3n) is 3.77. The van der Waals surface area contributed by atoms with Gasteiger partial charge in [-0.25, -0.2) is 9.37 Å². The second-order valence-corrected chi connectivity index (χ2v) is 6.46. The molecule has 0 aliphatic heterocycles. The normalized spacial score (nSPS) is 12.4. The van der Waals surface area contributed by atoms with E-state index < -0.39 is 0 Å². The van der Waals surface area contributed by atoms with Crippen LogP contribution in [0.15, 0.2) is 42.0 Å². The predicted molar refractivity (Wildman–Crippen MR) is 92.6 cm³/mol. The van der Waals surface area contributed by atoms with Gasteiger partial charge in [0.15, 0.2) is 4.96 Å². The minimum atomic E-state index is -0.250. The van der Waals surface area contributed by atoms with Crippen LogP contribution < -0.4 is 10.6 Å². The summed E-state index contributed by atoms with van der Waals surface area (Å²) in [7, 11) is 0. The number of nitrogens with one attached hydrogen (secondary N) is 2. The molecule has 126 valence electrons. The summed E-state index contributed by atoms with van der Waals surface area (Å²) in [5.41, 5.74) is 1.91. The lowest BCUT2D eigenvalue weighted by atomic mass is 10.1. The first-order valence-electron chi connectivity index (χ1n) is 7.78. The van der Waals surface area contributed by atoms with Crippen LogP contribution in [0.25, 0.3) is 4.96 Å². The van der Waals surface area contributed by atoms with Crippen molar-refractivity contribution < 1.29 is 9.18 Å². The summed E-state index contributed by atoms with van der Waals surface area (Å²) in [5, 5.41) is 8.01. The number of rotatable bonds is 7. The molecule has 0 saturated carbocycles. The van der Waals surface area contributed by atoms with Crippen molar-refractivity contribution in [1.29, 1.82) is 0 Å². The van der Waals surface area contributed by atoms with E-state index in [1.807, 2.05) is 29.1 Å². The number of imidazole rings is 1. The van der Waals surface area contributed by atoms with Crippen molar-refractivity contribution >= 4 is 22.2 Å². The number of aromatic nitrogens is 2. The van der Waals surface area contributed by atoms with Crippen molar-refractivity contribution in [3.63, 3.8) is 0 Å². The zero-order valence-electron chi connectivity index (χ0n) is 13.3. The second-order valence-electron chi connectivity index (χ2n) is 5.59. The largest absolute Gasteiger partial charge is 0.355 e. The number of halogens is 1. The van der Waals surface area contributed by atoms with Gasteiger partial charge in [0.1, 0.15) is 5.82 Å². The number of amides is 1. The molecule has 5 nitrogen and oxygen atoms in total. The van der Waals surface area contributed by atoms with E-state index in [2.05, 4.69) is 15.6 Å². The Bertz CT molecular complexity index is 783. The van der Waals surface area contributed by atoms with Gasteiger partial charge in [0, 0.05) is 30.4 Å². The van der Waals surface area contributed by atoms with Crippen LogP contribution in [-0.2, 0) is 11.2 Å². The van der Waals surface area contributed by atoms with Gasteiger partial charge in [-0.1, -0.05) is 12.1 Å². The topological polar surface area (TPSA) is 58.4 Å². The van der Waals surface area contributed by atoms with Gasteiger partial charge in [0.2, 0.25) is 5.91 Å². The number of carbonyl (C=O) groups excluding carboxylic acids is 1. The molecule has 0 radical (unpaired) electrons. The highest BCUT2D eigenvalue weighted by Gasteiger charge is 2.11. The molecule has 0 spiro atoms. The van der Waals surface area contributed by atoms with E-state index in [0.717, 1.165) is 16.2 Å². The summed E-state index contributed by atoms with van der Waals surface area (Å²) >= 11 is 1.58. The Hall–Kier alpha value is -2.25. The summed E-state index contributed by atoms with van der Waals surface area (Å²) in [6, 6.07) is 6.31. The van der Waals surface area contributed by atoms with Gasteiger partial charge < -0.3 is 10.6 Å². The summed E-state index contributed by atoms with van der Waals surface area (Å²) in [4.78, 5) is 17.4. The van der Waals surface area contributed by atoms with Gasteiger partial charge in [-0.3, -0.25) is 9.20 Å². The monoisotopic (exact) mass is 346 g/mol. The summed E-state index contributed by atoms with van der Waals surface area (Å²) < 4.78 is 14.8. The maximum atomic E-state index is 12.8. The molecule has 0 aliphatic carbocycles. The Morgan fingerprint density at radius 1 is 1.38 bits per heavy atom. The molecule has 0 aliphatic rings. The molecule has 0 fully saturated rings. The smallest absolute Gasteiger partial charge is 0.233 e. The fourth-order valence-corrected chi connectivity index (χ4v) is 3.07. The van der Waals surface area contributed by atoms with Crippen LogP contribution in [0.5, 0.6) is 0 Å². The van der Waals surface area contributed by atoms with Crippen LogP contribution >= 0.6 is 11.3 Å². The Morgan fingerprint density at radius 3 is 2.92 bits per heavy atom. The van der Waals surface area contributed by atoms with Gasteiger partial charge in [0.25, 0.3) is 0 Å². The second kappa shape index (κ2) is 7.55. The molecule has 24 heavy (non-hydrogen) atoms. The van der Waals surface area contributed by atoms with Crippen LogP contribution in [0.4, 0.5) is 4.39 Å². The lowest BCUT2D eigenvalue weighted by Gasteiger charge is -2.11. The van der Waals surface area contributed by atoms with Crippen molar-refractivity contribution in [3.05, 3.63) is 59.1 Å². The molecule has 0 saturated heterocycles. The minimum absolute atomic E-state index is 0.0000476. The van der Waals surface area contributed by atoms with E-state index in [4.69, 9.17) is 0 Å². The summed E-state index contributed by atoms with van der Waals surface area (Å²) in [6.45, 7) is 2.74. The lowest BCUT2D eigenvalue weighted by molar-refractivity contribution is -0.120. The number of nitrogens with zero attached hydrogens (tertiary/aromatic N) is 2. The van der Waals surface area contributed by atoms with Gasteiger partial charge in [-0.15, -0.1) is 11.3 Å². The number of carbonyl (C=O) groups is 1. The molecule has 2 heterocycles. The Morgan fingerprint density at radius 2 is 2.17 bits per heavy atom. The van der Waals surface area contributed by atoms with Crippen molar-refractivity contribution in [2.24, 2.45) is 0 Å². The maximum Gasteiger partial charge on any atom is 0.233 e. The van der Waals surface area contributed by atoms with Crippen LogP contribution in [0.3, 0.4) is 0 Å². The number of hydrogen-bond donors (Lipinski definition) is 2. The van der Waals surface area contributed by atoms with Crippen LogP contribution in [0, 0.1) is 5.82 Å². The molecule has 1 aromatic carbocycles. The third kappa shape index (κ3) is 4.18. The van der Waals surface area contributed by atoms with Gasteiger partial charge in [0.05, 0.1) is 12.2 Å². The number of hydrogen-bond acceptors (Lipinski definition) is 4. The average Bonchev–Trinajstić information content (AvgIpc) is 3.16. The van der Waals surface area contributed by atoms with E-state index >= 15 is 0 Å². The van der Waals surface area contributed by atoms with Gasteiger partial charge in [-0.2, -0.15) is 0 Å². The number of thiazole rings is 1. The van der Waals surface area contributed by atoms with Crippen LogP contribution in [-0.4, -0.2) is 28.4 Å². The highest BCUT2D eigenvalue weighted by molar-refractivity contribution is 7.15. The van der Waals surface area contributed by atoms with Crippen molar-refractivity contribution in [1.82, 2.24) is 20.0 Å². The third-order valence-corrected chi connectivity index (χ3v) is 4.54. The lowest BCUT2D eigenvalue weighted by Crippen LogP contribution is -2.36. The zero-order valence-corrected chi connectivity index (χ0v) is 14.1. The quantitative estimate of drug-likeness (QED) is 0.691. The Labute approximate surface area is 143 Å². The van der Waals surface area contributed by atoms with E-state index in [-0.39, 0.29) is 24.3 Å². The summed E-state index contributed by atoms with van der Waals surface area (Å²) in [6.07, 6.45) is 4.61. The van der Waals surface area contributed by atoms with E-state index in [0.29, 0.717) is 13.0 Å². The highest BCUT2D eigenvalue weighted by Crippen LogP contribution is 2.16. The predicted octanol–water partition coefficient (Wildman–Crippen LogP) is 2.54. The van der Waals surface area contributed by atoms with E-state index in [1.165, 1.54) is 12.1 Å². The Balaban J connectivity index is 1.40. The molecule has 3 rings (SSSR count). The highest BCUT2D eigenvalue weighted by atomic mass is 32.1. The SMILES string of the molecule is CC(NCC(=O)NCCc1ccc(F)cc1)c1cn2ccsc2n1. The van der Waals surface area contributed by atoms with Gasteiger partial charge in [-0.05, 0) is 31.0 Å². The fourth-order valence-electron chi connectivity index (χ4n) is 2.36. The number of benzene rings is 1. The van der Waals surface area contributed by atoms with Crippen molar-refractivity contribution in [2.75, 3.05) is 13.1 Å². The maximum absolute atomic E-state index is 12.8. The van der Waals surface area contributed by atoms with Crippen molar-refractivity contribution in [2.45, 2.75) is 19.4 Å².